The lowest BCUT2D eigenvalue weighted by molar-refractivity contribution is 0.530. The highest BCUT2D eigenvalue weighted by Gasteiger charge is 2.29. The number of fused-ring (bicyclic) bond motifs is 2. The highest BCUT2D eigenvalue weighted by Crippen LogP contribution is 2.26. The molecule has 130 valence electrons. The normalized spacial score (nSPS) is 17.1. The quantitative estimate of drug-likeness (QED) is 0.863. The monoisotopic (exact) mass is 351 g/mol. The highest BCUT2D eigenvalue weighted by atomic mass is 32.2. The number of rotatable bonds is 3. The van der Waals surface area contributed by atoms with Gasteiger partial charge in [0.1, 0.15) is 16.4 Å². The molecular formula is C17H22FN3O2S. The molecule has 0 fully saturated rings. The molecule has 0 aliphatic carbocycles. The van der Waals surface area contributed by atoms with Crippen LogP contribution >= 0.6 is 0 Å². The molecule has 0 bridgehead atoms. The first-order valence-corrected chi connectivity index (χ1v) is 9.24. The van der Waals surface area contributed by atoms with Crippen LogP contribution in [0.15, 0.2) is 16.9 Å². The maximum Gasteiger partial charge on any atom is 0.261 e. The molecule has 0 saturated carbocycles. The van der Waals surface area contributed by atoms with Crippen LogP contribution in [0.5, 0.6) is 0 Å². The molecular weight excluding hydrogens is 329 g/mol. The van der Waals surface area contributed by atoms with Gasteiger partial charge in [0.25, 0.3) is 5.56 Å². The zero-order valence-electron chi connectivity index (χ0n) is 14.4. The molecule has 5 nitrogen and oxygen atoms in total. The van der Waals surface area contributed by atoms with Gasteiger partial charge in [0.05, 0.1) is 16.9 Å². The van der Waals surface area contributed by atoms with Gasteiger partial charge < -0.3 is 4.55 Å². The molecule has 3 rings (SSSR count). The molecule has 0 radical (unpaired) electrons. The minimum Gasteiger partial charge on any atom is -0.598 e. The number of nitrogens with one attached hydrogen (secondary N) is 1. The van der Waals surface area contributed by atoms with Crippen LogP contribution in [0.2, 0.25) is 0 Å². The van der Waals surface area contributed by atoms with Gasteiger partial charge in [-0.2, -0.15) is 0 Å². The third-order valence-corrected chi connectivity index (χ3v) is 5.90. The van der Waals surface area contributed by atoms with E-state index in [0.29, 0.717) is 17.6 Å². The zero-order valence-corrected chi connectivity index (χ0v) is 15.2. The lowest BCUT2D eigenvalue weighted by Gasteiger charge is -2.27. The summed E-state index contributed by atoms with van der Waals surface area (Å²) in [5, 5.41) is 0.283. The molecule has 1 aliphatic rings. The third kappa shape index (κ3) is 3.08. The summed E-state index contributed by atoms with van der Waals surface area (Å²) < 4.78 is 30.6. The second-order valence-electron chi connectivity index (χ2n) is 7.20. The van der Waals surface area contributed by atoms with Gasteiger partial charge in [-0.3, -0.25) is 9.36 Å². The Kier molecular flexibility index (Phi) is 4.44. The Labute approximate surface area is 143 Å². The Morgan fingerprint density at radius 3 is 2.79 bits per heavy atom. The number of benzene rings is 1. The molecule has 1 aromatic carbocycles. The highest BCUT2D eigenvalue weighted by molar-refractivity contribution is 7.90. The lowest BCUT2D eigenvalue weighted by Crippen LogP contribution is -2.40. The number of aryl methyl sites for hydroxylation is 1. The van der Waals surface area contributed by atoms with Crippen molar-refractivity contribution in [2.45, 2.75) is 57.9 Å². The van der Waals surface area contributed by atoms with E-state index in [2.05, 4.69) is 9.71 Å². The van der Waals surface area contributed by atoms with Crippen molar-refractivity contribution in [1.82, 2.24) is 14.3 Å². The number of hydrogen-bond donors (Lipinski definition) is 1. The average molecular weight is 351 g/mol. The van der Waals surface area contributed by atoms with E-state index in [1.807, 2.05) is 27.7 Å². The van der Waals surface area contributed by atoms with Gasteiger partial charge in [-0.25, -0.2) is 9.37 Å². The SMILES string of the molecule is C[C@@H](N[S+]([O-])C(C)(C)C)c1cc(F)cc2c(=O)n3c(nc12)CCC3. The third-order valence-electron chi connectivity index (χ3n) is 4.22. The molecule has 0 spiro atoms. The number of aromatic nitrogens is 2. The van der Waals surface area contributed by atoms with Gasteiger partial charge in [-0.15, -0.1) is 4.72 Å². The summed E-state index contributed by atoms with van der Waals surface area (Å²) in [4.78, 5) is 17.2. The molecule has 2 heterocycles. The van der Waals surface area contributed by atoms with Gasteiger partial charge >= 0.3 is 0 Å². The van der Waals surface area contributed by atoms with Crippen molar-refractivity contribution in [3.63, 3.8) is 0 Å². The van der Waals surface area contributed by atoms with Gasteiger partial charge in [-0.05, 0) is 46.2 Å². The van der Waals surface area contributed by atoms with Gasteiger partial charge in [-0.1, -0.05) is 0 Å². The second kappa shape index (κ2) is 6.13. The fourth-order valence-corrected chi connectivity index (χ4v) is 3.71. The minimum absolute atomic E-state index is 0.197. The van der Waals surface area contributed by atoms with Crippen molar-refractivity contribution in [2.75, 3.05) is 0 Å². The van der Waals surface area contributed by atoms with Crippen LogP contribution in [0.3, 0.4) is 0 Å². The van der Waals surface area contributed by atoms with Crippen molar-refractivity contribution in [1.29, 1.82) is 0 Å². The molecule has 1 aliphatic heterocycles. The molecule has 0 saturated heterocycles. The average Bonchev–Trinajstić information content (AvgIpc) is 2.95. The second-order valence-corrected chi connectivity index (χ2v) is 9.20. The van der Waals surface area contributed by atoms with Crippen LogP contribution in [-0.4, -0.2) is 18.9 Å². The molecule has 1 aromatic heterocycles. The summed E-state index contributed by atoms with van der Waals surface area (Å²) in [6.45, 7) is 8.03. The van der Waals surface area contributed by atoms with Crippen LogP contribution in [0.25, 0.3) is 10.9 Å². The minimum atomic E-state index is -1.31. The van der Waals surface area contributed by atoms with Crippen molar-refractivity contribution < 1.29 is 8.94 Å². The van der Waals surface area contributed by atoms with Crippen LogP contribution in [-0.2, 0) is 24.3 Å². The van der Waals surface area contributed by atoms with E-state index in [1.165, 1.54) is 12.1 Å². The molecule has 1 N–H and O–H groups in total. The Morgan fingerprint density at radius 1 is 1.42 bits per heavy atom. The molecule has 1 unspecified atom stereocenters. The summed E-state index contributed by atoms with van der Waals surface area (Å²) in [6, 6.07) is 2.23. The fraction of sp³-hybridized carbons (Fsp3) is 0.529. The fourth-order valence-electron chi connectivity index (χ4n) is 2.91. The zero-order chi connectivity index (χ0) is 17.6. The predicted molar refractivity (Wildman–Crippen MR) is 93.7 cm³/mol. The van der Waals surface area contributed by atoms with Crippen LogP contribution in [0.1, 0.15) is 51.5 Å². The Morgan fingerprint density at radius 2 is 2.12 bits per heavy atom. The molecule has 24 heavy (non-hydrogen) atoms. The van der Waals surface area contributed by atoms with Crippen molar-refractivity contribution in [2.24, 2.45) is 0 Å². The van der Waals surface area contributed by atoms with E-state index in [1.54, 1.807) is 4.57 Å². The van der Waals surface area contributed by atoms with E-state index in [4.69, 9.17) is 0 Å². The summed E-state index contributed by atoms with van der Waals surface area (Å²) in [7, 11) is 0. The standard InChI is InChI=1S/C17H22FN3O2S/c1-10(20-24(23)17(2,3)4)12-8-11(18)9-13-15(12)19-14-6-5-7-21(14)16(13)22/h8-10,20H,5-7H2,1-4H3/t10-,24?/m1/s1. The van der Waals surface area contributed by atoms with E-state index in [0.717, 1.165) is 18.7 Å². The Bertz CT molecular complexity index is 844. The van der Waals surface area contributed by atoms with E-state index in [9.17, 15) is 13.7 Å². The number of nitrogens with zero attached hydrogens (tertiary/aromatic N) is 2. The van der Waals surface area contributed by atoms with Crippen LogP contribution < -0.4 is 10.3 Å². The summed E-state index contributed by atoms with van der Waals surface area (Å²) in [6.07, 6.45) is 1.62. The van der Waals surface area contributed by atoms with Crippen LogP contribution in [0, 0.1) is 5.82 Å². The topological polar surface area (TPSA) is 70.0 Å². The van der Waals surface area contributed by atoms with E-state index < -0.39 is 21.9 Å². The van der Waals surface area contributed by atoms with Crippen molar-refractivity contribution in [3.8, 4) is 0 Å². The van der Waals surface area contributed by atoms with Gasteiger partial charge in [0, 0.05) is 29.9 Å². The maximum atomic E-state index is 14.1. The summed E-state index contributed by atoms with van der Waals surface area (Å²) in [5.41, 5.74) is 0.868. The number of halogens is 1. The van der Waals surface area contributed by atoms with Crippen molar-refractivity contribution >= 4 is 22.3 Å². The Balaban J connectivity index is 2.11. The Hall–Kier alpha value is -1.44. The summed E-state index contributed by atoms with van der Waals surface area (Å²) >= 11 is -1.31. The van der Waals surface area contributed by atoms with E-state index in [-0.39, 0.29) is 17.0 Å². The van der Waals surface area contributed by atoms with Gasteiger partial charge in [0.2, 0.25) is 0 Å². The smallest absolute Gasteiger partial charge is 0.261 e. The first-order valence-electron chi connectivity index (χ1n) is 8.09. The maximum absolute atomic E-state index is 14.1. The molecule has 7 heteroatoms. The largest absolute Gasteiger partial charge is 0.598 e. The summed E-state index contributed by atoms with van der Waals surface area (Å²) in [5.74, 6) is 0.259. The van der Waals surface area contributed by atoms with Gasteiger partial charge in [0.15, 0.2) is 0 Å². The lowest BCUT2D eigenvalue weighted by atomic mass is 10.0. The number of hydrogen-bond acceptors (Lipinski definition) is 4. The van der Waals surface area contributed by atoms with Crippen molar-refractivity contribution in [3.05, 3.63) is 39.7 Å². The first kappa shape index (κ1) is 17.4. The van der Waals surface area contributed by atoms with Crippen LogP contribution in [0.4, 0.5) is 4.39 Å². The molecule has 2 atom stereocenters. The molecule has 0 amide bonds. The predicted octanol–water partition coefficient (Wildman–Crippen LogP) is 2.59. The first-order chi connectivity index (χ1) is 11.2. The molecule has 2 aromatic rings. The van der Waals surface area contributed by atoms with E-state index >= 15 is 0 Å².